The Kier molecular flexibility index (Phi) is 4.98. The van der Waals surface area contributed by atoms with E-state index < -0.39 is 0 Å². The van der Waals surface area contributed by atoms with Gasteiger partial charge in [0.15, 0.2) is 0 Å². The lowest BCUT2D eigenvalue weighted by atomic mass is 10.2. The number of hydrogen-bond acceptors (Lipinski definition) is 2. The van der Waals surface area contributed by atoms with Gasteiger partial charge in [-0.1, -0.05) is 30.3 Å². The first-order valence-electron chi connectivity index (χ1n) is 6.17. The Hall–Kier alpha value is -0.640. The smallest absolute Gasteiger partial charge is 0.0701 e. The lowest BCUT2D eigenvalue weighted by Crippen LogP contribution is -2.29. The molecule has 1 heterocycles. The molecule has 0 saturated carbocycles. The van der Waals surface area contributed by atoms with Crippen LogP contribution in [0.1, 0.15) is 24.3 Å². The molecule has 0 amide bonds. The average Bonchev–Trinajstić information content (AvgIpc) is 2.75. The van der Waals surface area contributed by atoms with Gasteiger partial charge in [0, 0.05) is 24.0 Å². The summed E-state index contributed by atoms with van der Waals surface area (Å²) in [6.07, 6.45) is 0. The van der Waals surface area contributed by atoms with Gasteiger partial charge >= 0.3 is 0 Å². The Labute approximate surface area is 122 Å². The van der Waals surface area contributed by atoms with Crippen LogP contribution in [-0.4, -0.2) is 10.9 Å². The molecule has 96 valence electrons. The molecule has 2 rings (SSSR count). The molecule has 18 heavy (non-hydrogen) atoms. The highest BCUT2D eigenvalue weighted by Gasteiger charge is 2.11. The summed E-state index contributed by atoms with van der Waals surface area (Å²) in [5.74, 6) is 0. The summed E-state index contributed by atoms with van der Waals surface area (Å²) in [4.78, 5) is 3.90. The van der Waals surface area contributed by atoms with Crippen LogP contribution in [-0.2, 0) is 13.1 Å². The van der Waals surface area contributed by atoms with Crippen molar-refractivity contribution in [2.24, 2.45) is 0 Å². The molecule has 0 radical (unpaired) electrons. The molecule has 0 unspecified atom stereocenters. The summed E-state index contributed by atoms with van der Waals surface area (Å²) >= 11 is 5.34. The van der Waals surface area contributed by atoms with E-state index in [1.54, 1.807) is 0 Å². The number of benzene rings is 1. The maximum atomic E-state index is 3.53. The number of thiophene rings is 1. The highest BCUT2D eigenvalue weighted by Crippen LogP contribution is 2.24. The van der Waals surface area contributed by atoms with Gasteiger partial charge in [-0.25, -0.2) is 0 Å². The van der Waals surface area contributed by atoms with Crippen molar-refractivity contribution in [1.82, 2.24) is 4.90 Å². The third-order valence-corrected chi connectivity index (χ3v) is 4.55. The predicted octanol–water partition coefficient (Wildman–Crippen LogP) is 4.92. The predicted molar refractivity (Wildman–Crippen MR) is 82.8 cm³/mol. The van der Waals surface area contributed by atoms with Crippen LogP contribution in [0, 0.1) is 0 Å². The minimum atomic E-state index is 0.547. The molecule has 0 atom stereocenters. The number of nitrogens with zero attached hydrogens (tertiary/aromatic N) is 1. The van der Waals surface area contributed by atoms with E-state index in [1.165, 1.54) is 14.2 Å². The van der Waals surface area contributed by atoms with E-state index in [1.807, 2.05) is 11.3 Å². The molecule has 0 N–H and O–H groups in total. The molecule has 0 fully saturated rings. The Morgan fingerprint density at radius 3 is 2.33 bits per heavy atom. The lowest BCUT2D eigenvalue weighted by molar-refractivity contribution is 0.205. The van der Waals surface area contributed by atoms with E-state index in [2.05, 4.69) is 77.1 Å². The summed E-state index contributed by atoms with van der Waals surface area (Å²) in [6, 6.07) is 15.5. The van der Waals surface area contributed by atoms with E-state index in [0.717, 1.165) is 13.1 Å². The van der Waals surface area contributed by atoms with Crippen LogP contribution < -0.4 is 0 Å². The van der Waals surface area contributed by atoms with Crippen molar-refractivity contribution in [3.63, 3.8) is 0 Å². The van der Waals surface area contributed by atoms with Crippen LogP contribution >= 0.6 is 27.3 Å². The number of hydrogen-bond donors (Lipinski definition) is 0. The maximum absolute atomic E-state index is 3.53. The van der Waals surface area contributed by atoms with Gasteiger partial charge in [0.25, 0.3) is 0 Å². The second-order valence-electron chi connectivity index (χ2n) is 4.69. The third-order valence-electron chi connectivity index (χ3n) is 2.95. The molecule has 0 spiro atoms. The van der Waals surface area contributed by atoms with Gasteiger partial charge < -0.3 is 0 Å². The molecule has 1 aromatic carbocycles. The van der Waals surface area contributed by atoms with Gasteiger partial charge in [0.2, 0.25) is 0 Å². The Bertz CT molecular complexity index is 478. The Morgan fingerprint density at radius 2 is 1.78 bits per heavy atom. The zero-order chi connectivity index (χ0) is 13.0. The minimum absolute atomic E-state index is 0.547. The van der Waals surface area contributed by atoms with Gasteiger partial charge in [0.1, 0.15) is 0 Å². The molecular weight excluding hydrogens is 306 g/mol. The largest absolute Gasteiger partial charge is 0.292 e. The molecule has 0 saturated heterocycles. The van der Waals surface area contributed by atoms with Gasteiger partial charge in [0.05, 0.1) is 3.79 Å². The SMILES string of the molecule is CC(C)N(Cc1ccccc1)Cc1ccc(Br)s1. The van der Waals surface area contributed by atoms with Gasteiger partial charge in [-0.3, -0.25) is 4.90 Å². The molecule has 3 heteroatoms. The lowest BCUT2D eigenvalue weighted by Gasteiger charge is -2.26. The van der Waals surface area contributed by atoms with Crippen LogP contribution in [0.15, 0.2) is 46.3 Å². The topological polar surface area (TPSA) is 3.24 Å². The fraction of sp³-hybridized carbons (Fsp3) is 0.333. The first-order chi connectivity index (χ1) is 8.65. The van der Waals surface area contributed by atoms with Crippen LogP contribution in [0.25, 0.3) is 0 Å². The highest BCUT2D eigenvalue weighted by atomic mass is 79.9. The second-order valence-corrected chi connectivity index (χ2v) is 7.24. The van der Waals surface area contributed by atoms with E-state index >= 15 is 0 Å². The average molecular weight is 324 g/mol. The van der Waals surface area contributed by atoms with E-state index in [9.17, 15) is 0 Å². The first kappa shape index (κ1) is 13.8. The molecular formula is C15H18BrNS. The van der Waals surface area contributed by atoms with Crippen LogP contribution in [0.4, 0.5) is 0 Å². The standard InChI is InChI=1S/C15H18BrNS/c1-12(2)17(10-13-6-4-3-5-7-13)11-14-8-9-15(16)18-14/h3-9,12H,10-11H2,1-2H3. The Morgan fingerprint density at radius 1 is 1.06 bits per heavy atom. The van der Waals surface area contributed by atoms with Crippen molar-refractivity contribution in [3.05, 3.63) is 56.7 Å². The zero-order valence-electron chi connectivity index (χ0n) is 10.8. The maximum Gasteiger partial charge on any atom is 0.0701 e. The van der Waals surface area contributed by atoms with Crippen molar-refractivity contribution in [1.29, 1.82) is 0 Å². The first-order valence-corrected chi connectivity index (χ1v) is 7.78. The fourth-order valence-corrected chi connectivity index (χ4v) is 3.38. The van der Waals surface area contributed by atoms with Crippen LogP contribution in [0.5, 0.6) is 0 Å². The van der Waals surface area contributed by atoms with Gasteiger partial charge in [-0.05, 0) is 47.5 Å². The van der Waals surface area contributed by atoms with Gasteiger partial charge in [-0.15, -0.1) is 11.3 Å². The van der Waals surface area contributed by atoms with Crippen molar-refractivity contribution in [2.45, 2.75) is 33.0 Å². The summed E-state index contributed by atoms with van der Waals surface area (Å²) in [5, 5.41) is 0. The van der Waals surface area contributed by atoms with E-state index in [-0.39, 0.29) is 0 Å². The quantitative estimate of drug-likeness (QED) is 0.754. The van der Waals surface area contributed by atoms with Crippen molar-refractivity contribution >= 4 is 27.3 Å². The molecule has 0 bridgehead atoms. The molecule has 0 aliphatic heterocycles. The summed E-state index contributed by atoms with van der Waals surface area (Å²) < 4.78 is 1.21. The number of rotatable bonds is 5. The van der Waals surface area contributed by atoms with Crippen molar-refractivity contribution < 1.29 is 0 Å². The van der Waals surface area contributed by atoms with Crippen LogP contribution in [0.2, 0.25) is 0 Å². The second kappa shape index (κ2) is 6.50. The molecule has 1 aromatic heterocycles. The monoisotopic (exact) mass is 323 g/mol. The molecule has 1 nitrogen and oxygen atoms in total. The summed E-state index contributed by atoms with van der Waals surface area (Å²) in [6.45, 7) is 6.54. The fourth-order valence-electron chi connectivity index (χ4n) is 1.88. The summed E-state index contributed by atoms with van der Waals surface area (Å²) in [7, 11) is 0. The molecule has 2 aromatic rings. The van der Waals surface area contributed by atoms with Gasteiger partial charge in [-0.2, -0.15) is 0 Å². The van der Waals surface area contributed by atoms with E-state index in [0.29, 0.717) is 6.04 Å². The van der Waals surface area contributed by atoms with Crippen molar-refractivity contribution in [3.8, 4) is 0 Å². The van der Waals surface area contributed by atoms with E-state index in [4.69, 9.17) is 0 Å². The normalized spacial score (nSPS) is 11.4. The molecule has 0 aliphatic rings. The molecule has 0 aliphatic carbocycles. The third kappa shape index (κ3) is 3.94. The van der Waals surface area contributed by atoms with Crippen LogP contribution in [0.3, 0.4) is 0 Å². The summed E-state index contributed by atoms with van der Waals surface area (Å²) in [5.41, 5.74) is 1.38. The highest BCUT2D eigenvalue weighted by molar-refractivity contribution is 9.11. The minimum Gasteiger partial charge on any atom is -0.292 e. The number of halogens is 1. The Balaban J connectivity index is 2.05. The van der Waals surface area contributed by atoms with Crippen molar-refractivity contribution in [2.75, 3.05) is 0 Å². The zero-order valence-corrected chi connectivity index (χ0v) is 13.2.